The van der Waals surface area contributed by atoms with E-state index in [0.717, 1.165) is 0 Å². The number of halogens is 2. The number of ether oxygens (including phenoxy) is 1. The van der Waals surface area contributed by atoms with Gasteiger partial charge in [-0.2, -0.15) is 0 Å². The molecule has 0 fully saturated rings. The van der Waals surface area contributed by atoms with Gasteiger partial charge in [0.1, 0.15) is 28.1 Å². The van der Waals surface area contributed by atoms with Crippen LogP contribution in [-0.2, 0) is 17.8 Å². The predicted molar refractivity (Wildman–Crippen MR) is 113 cm³/mol. The van der Waals surface area contributed by atoms with Gasteiger partial charge in [0.05, 0.1) is 19.6 Å². The molecule has 0 spiro atoms. The quantitative estimate of drug-likeness (QED) is 0.501. The lowest BCUT2D eigenvalue weighted by Gasteiger charge is -2.06. The molecule has 0 atom stereocenters. The van der Waals surface area contributed by atoms with Crippen LogP contribution in [0.3, 0.4) is 0 Å². The summed E-state index contributed by atoms with van der Waals surface area (Å²) in [6.07, 6.45) is 0.512. The number of hydrogen-bond donors (Lipinski definition) is 2. The van der Waals surface area contributed by atoms with Gasteiger partial charge in [-0.15, -0.1) is 11.3 Å². The summed E-state index contributed by atoms with van der Waals surface area (Å²) < 4.78 is 31.8. The van der Waals surface area contributed by atoms with Gasteiger partial charge in [0.15, 0.2) is 0 Å². The highest BCUT2D eigenvalue weighted by Crippen LogP contribution is 2.12. The Morgan fingerprint density at radius 2 is 1.81 bits per heavy atom. The summed E-state index contributed by atoms with van der Waals surface area (Å²) in [6, 6.07) is 12.0. The Bertz CT molecular complexity index is 1020. The van der Waals surface area contributed by atoms with Gasteiger partial charge in [-0.1, -0.05) is 18.2 Å². The highest BCUT2D eigenvalue weighted by Gasteiger charge is 2.12. The van der Waals surface area contributed by atoms with Gasteiger partial charge >= 0.3 is 0 Å². The Labute approximate surface area is 182 Å². The molecular weight excluding hydrogens is 424 g/mol. The van der Waals surface area contributed by atoms with E-state index in [1.807, 2.05) is 0 Å². The molecule has 2 aromatic carbocycles. The van der Waals surface area contributed by atoms with E-state index in [1.54, 1.807) is 23.6 Å². The van der Waals surface area contributed by atoms with Gasteiger partial charge in [0.25, 0.3) is 5.91 Å². The molecule has 1 aromatic heterocycles. The summed E-state index contributed by atoms with van der Waals surface area (Å²) in [4.78, 5) is 28.3. The minimum atomic E-state index is -0.355. The molecular formula is C22H21F2N3O3S. The normalized spacial score (nSPS) is 10.5. The number of carbonyl (C=O) groups is 2. The van der Waals surface area contributed by atoms with Crippen LogP contribution in [0.5, 0.6) is 5.75 Å². The molecule has 0 radical (unpaired) electrons. The van der Waals surface area contributed by atoms with E-state index in [4.69, 9.17) is 4.74 Å². The van der Waals surface area contributed by atoms with Crippen LogP contribution in [0, 0.1) is 11.6 Å². The molecule has 2 amide bonds. The second-order valence-electron chi connectivity index (χ2n) is 6.55. The highest BCUT2D eigenvalue weighted by molar-refractivity contribution is 7.09. The van der Waals surface area contributed by atoms with Crippen LogP contribution in [0.25, 0.3) is 0 Å². The maximum atomic E-state index is 13.6. The Morgan fingerprint density at radius 3 is 2.58 bits per heavy atom. The minimum Gasteiger partial charge on any atom is -0.493 e. The zero-order valence-corrected chi connectivity index (χ0v) is 17.4. The Hall–Kier alpha value is -3.33. The molecule has 31 heavy (non-hydrogen) atoms. The van der Waals surface area contributed by atoms with Crippen molar-refractivity contribution in [1.29, 1.82) is 0 Å². The predicted octanol–water partition coefficient (Wildman–Crippen LogP) is 3.48. The number of thiazole rings is 1. The van der Waals surface area contributed by atoms with Crippen molar-refractivity contribution in [3.8, 4) is 5.75 Å². The summed E-state index contributed by atoms with van der Waals surface area (Å²) in [5, 5.41) is 7.62. The third-order valence-corrected chi connectivity index (χ3v) is 5.12. The van der Waals surface area contributed by atoms with E-state index in [1.165, 1.54) is 41.7 Å². The third kappa shape index (κ3) is 7.14. The fourth-order valence-electron chi connectivity index (χ4n) is 2.65. The smallest absolute Gasteiger partial charge is 0.270 e. The van der Waals surface area contributed by atoms with Crippen molar-refractivity contribution in [3.05, 3.63) is 81.8 Å². The van der Waals surface area contributed by atoms with Crippen molar-refractivity contribution < 1.29 is 23.1 Å². The Morgan fingerprint density at radius 1 is 1.03 bits per heavy atom. The molecule has 6 nitrogen and oxygen atoms in total. The summed E-state index contributed by atoms with van der Waals surface area (Å²) in [7, 11) is 0. The largest absolute Gasteiger partial charge is 0.493 e. The Balaban J connectivity index is 1.35. The van der Waals surface area contributed by atoms with Crippen molar-refractivity contribution in [2.45, 2.75) is 19.4 Å². The van der Waals surface area contributed by atoms with E-state index in [2.05, 4.69) is 15.6 Å². The van der Waals surface area contributed by atoms with E-state index < -0.39 is 0 Å². The van der Waals surface area contributed by atoms with Crippen molar-refractivity contribution in [2.24, 2.45) is 0 Å². The molecule has 0 aliphatic carbocycles. The number of carbonyl (C=O) groups excluding carboxylic acids is 2. The number of rotatable bonds is 10. The second-order valence-corrected chi connectivity index (χ2v) is 7.50. The maximum Gasteiger partial charge on any atom is 0.270 e. The molecule has 0 aliphatic heterocycles. The van der Waals surface area contributed by atoms with Crippen molar-refractivity contribution >= 4 is 23.2 Å². The number of benzene rings is 2. The van der Waals surface area contributed by atoms with Crippen molar-refractivity contribution in [3.63, 3.8) is 0 Å². The van der Waals surface area contributed by atoms with Gasteiger partial charge < -0.3 is 15.4 Å². The zero-order chi connectivity index (χ0) is 22.1. The molecule has 0 aliphatic rings. The molecule has 0 bridgehead atoms. The summed E-state index contributed by atoms with van der Waals surface area (Å²) in [5.74, 6) is -0.746. The van der Waals surface area contributed by atoms with Crippen LogP contribution in [0.1, 0.15) is 27.5 Å². The fourth-order valence-corrected chi connectivity index (χ4v) is 3.37. The standard InChI is InChI=1S/C22H21F2N3O3S/c23-16-5-7-17(8-6-16)30-12-10-20(28)26-13-21-27-19(14-31-21)22(29)25-11-9-15-3-1-2-4-18(15)24/h1-8,14H,9-13H2,(H,25,29)(H,26,28). The fraction of sp³-hybridized carbons (Fsp3) is 0.227. The topological polar surface area (TPSA) is 80.3 Å². The first kappa shape index (κ1) is 22.4. The summed E-state index contributed by atoms with van der Waals surface area (Å²) in [5.41, 5.74) is 0.787. The van der Waals surface area contributed by atoms with Gasteiger partial charge in [-0.25, -0.2) is 13.8 Å². The Kier molecular flexibility index (Phi) is 8.05. The molecule has 1 heterocycles. The van der Waals surface area contributed by atoms with Gasteiger partial charge in [-0.05, 0) is 42.3 Å². The van der Waals surface area contributed by atoms with E-state index in [9.17, 15) is 18.4 Å². The van der Waals surface area contributed by atoms with Crippen LogP contribution in [0.15, 0.2) is 53.9 Å². The summed E-state index contributed by atoms with van der Waals surface area (Å²) >= 11 is 1.26. The molecule has 2 N–H and O–H groups in total. The molecule has 0 unspecified atom stereocenters. The van der Waals surface area contributed by atoms with Crippen LogP contribution in [-0.4, -0.2) is 29.9 Å². The lowest BCUT2D eigenvalue weighted by atomic mass is 10.1. The zero-order valence-electron chi connectivity index (χ0n) is 16.6. The number of nitrogens with zero attached hydrogens (tertiary/aromatic N) is 1. The molecule has 3 aromatic rings. The van der Waals surface area contributed by atoms with E-state index in [0.29, 0.717) is 22.7 Å². The summed E-state index contributed by atoms with van der Waals surface area (Å²) in [6.45, 7) is 0.644. The molecule has 0 saturated carbocycles. The lowest BCUT2D eigenvalue weighted by Crippen LogP contribution is -2.27. The first-order chi connectivity index (χ1) is 15.0. The van der Waals surface area contributed by atoms with E-state index >= 15 is 0 Å². The van der Waals surface area contributed by atoms with Crippen LogP contribution < -0.4 is 15.4 Å². The van der Waals surface area contributed by atoms with Crippen LogP contribution >= 0.6 is 11.3 Å². The molecule has 9 heteroatoms. The average Bonchev–Trinajstić information content (AvgIpc) is 3.24. The molecule has 162 valence electrons. The van der Waals surface area contributed by atoms with Crippen molar-refractivity contribution in [1.82, 2.24) is 15.6 Å². The first-order valence-electron chi connectivity index (χ1n) is 9.62. The second kappa shape index (κ2) is 11.2. The number of nitrogens with one attached hydrogen (secondary N) is 2. The first-order valence-corrected chi connectivity index (χ1v) is 10.5. The van der Waals surface area contributed by atoms with Gasteiger partial charge in [0, 0.05) is 11.9 Å². The van der Waals surface area contributed by atoms with Gasteiger partial charge in [-0.3, -0.25) is 9.59 Å². The highest BCUT2D eigenvalue weighted by atomic mass is 32.1. The lowest BCUT2D eigenvalue weighted by molar-refractivity contribution is -0.121. The average molecular weight is 445 g/mol. The third-order valence-electron chi connectivity index (χ3n) is 4.27. The maximum absolute atomic E-state index is 13.6. The molecule has 0 saturated heterocycles. The van der Waals surface area contributed by atoms with Crippen LogP contribution in [0.2, 0.25) is 0 Å². The number of aromatic nitrogens is 1. The SMILES string of the molecule is O=C(CCOc1ccc(F)cc1)NCc1nc(C(=O)NCCc2ccccc2F)cs1. The number of hydrogen-bond acceptors (Lipinski definition) is 5. The van der Waals surface area contributed by atoms with E-state index in [-0.39, 0.29) is 55.3 Å². The number of amides is 2. The molecule has 3 rings (SSSR count). The van der Waals surface area contributed by atoms with Crippen molar-refractivity contribution in [2.75, 3.05) is 13.2 Å². The monoisotopic (exact) mass is 445 g/mol. The minimum absolute atomic E-state index is 0.131. The van der Waals surface area contributed by atoms with Gasteiger partial charge in [0.2, 0.25) is 5.91 Å². The van der Waals surface area contributed by atoms with Crippen LogP contribution in [0.4, 0.5) is 8.78 Å².